The molecule has 0 aliphatic carbocycles. The SMILES string of the molecule is CC1(C(=O)O)CN(CCF)C1. The van der Waals surface area contributed by atoms with Crippen molar-refractivity contribution >= 4 is 5.97 Å². The fourth-order valence-electron chi connectivity index (χ4n) is 1.35. The third-order valence-electron chi connectivity index (χ3n) is 2.06. The van der Waals surface area contributed by atoms with E-state index in [-0.39, 0.29) is 0 Å². The minimum atomic E-state index is -0.785. The second kappa shape index (κ2) is 2.77. The van der Waals surface area contributed by atoms with E-state index in [1.54, 1.807) is 11.8 Å². The van der Waals surface area contributed by atoms with Crippen molar-refractivity contribution in [3.8, 4) is 0 Å². The van der Waals surface area contributed by atoms with E-state index in [1.165, 1.54) is 0 Å². The minimum absolute atomic E-state index is 0.364. The third kappa shape index (κ3) is 1.50. The number of nitrogens with zero attached hydrogens (tertiary/aromatic N) is 1. The lowest BCUT2D eigenvalue weighted by molar-refractivity contribution is -0.158. The zero-order valence-electron chi connectivity index (χ0n) is 6.51. The predicted octanol–water partition coefficient (Wildman–Crippen LogP) is 0.362. The normalized spacial score (nSPS) is 22.7. The van der Waals surface area contributed by atoms with Crippen LogP contribution in [0.2, 0.25) is 0 Å². The first-order valence-corrected chi connectivity index (χ1v) is 3.60. The molecular formula is C7H12FNO2. The van der Waals surface area contributed by atoms with Gasteiger partial charge in [-0.3, -0.25) is 9.69 Å². The molecule has 0 bridgehead atoms. The highest BCUT2D eigenvalue weighted by Crippen LogP contribution is 2.29. The van der Waals surface area contributed by atoms with Gasteiger partial charge < -0.3 is 5.11 Å². The van der Waals surface area contributed by atoms with Crippen molar-refractivity contribution in [1.82, 2.24) is 4.90 Å². The molecule has 4 heteroatoms. The fourth-order valence-corrected chi connectivity index (χ4v) is 1.35. The molecule has 64 valence electrons. The minimum Gasteiger partial charge on any atom is -0.481 e. The van der Waals surface area contributed by atoms with E-state index in [0.717, 1.165) is 0 Å². The van der Waals surface area contributed by atoms with Crippen LogP contribution in [-0.2, 0) is 4.79 Å². The van der Waals surface area contributed by atoms with Gasteiger partial charge in [0.25, 0.3) is 0 Å². The van der Waals surface area contributed by atoms with E-state index < -0.39 is 18.1 Å². The Morgan fingerprint density at radius 3 is 2.64 bits per heavy atom. The molecule has 1 aliphatic heterocycles. The molecule has 0 aromatic rings. The summed E-state index contributed by atoms with van der Waals surface area (Å²) in [4.78, 5) is 12.3. The first-order valence-electron chi connectivity index (χ1n) is 3.60. The van der Waals surface area contributed by atoms with Crippen LogP contribution in [0.4, 0.5) is 4.39 Å². The Labute approximate surface area is 64.8 Å². The zero-order chi connectivity index (χ0) is 8.48. The number of halogens is 1. The van der Waals surface area contributed by atoms with E-state index in [1.807, 2.05) is 0 Å². The molecule has 0 spiro atoms. The largest absolute Gasteiger partial charge is 0.481 e. The number of carboxylic acid groups (broad SMARTS) is 1. The molecule has 1 heterocycles. The standard InChI is InChI=1S/C7H12FNO2/c1-7(6(10)11)4-9(5-7)3-2-8/h2-5H2,1H3,(H,10,11). The summed E-state index contributed by atoms with van der Waals surface area (Å²) in [5.41, 5.74) is -0.630. The van der Waals surface area contributed by atoms with Gasteiger partial charge in [-0.2, -0.15) is 0 Å². The van der Waals surface area contributed by atoms with E-state index in [4.69, 9.17) is 5.11 Å². The number of carbonyl (C=O) groups is 1. The molecule has 1 saturated heterocycles. The number of alkyl halides is 1. The van der Waals surface area contributed by atoms with Gasteiger partial charge in [0, 0.05) is 19.6 Å². The quantitative estimate of drug-likeness (QED) is 0.649. The average molecular weight is 161 g/mol. The summed E-state index contributed by atoms with van der Waals surface area (Å²) >= 11 is 0. The maximum Gasteiger partial charge on any atom is 0.311 e. The highest BCUT2D eigenvalue weighted by atomic mass is 19.1. The van der Waals surface area contributed by atoms with Gasteiger partial charge in [-0.15, -0.1) is 0 Å². The summed E-state index contributed by atoms with van der Waals surface area (Å²) in [6, 6.07) is 0. The van der Waals surface area contributed by atoms with Crippen LogP contribution in [-0.4, -0.2) is 42.3 Å². The predicted molar refractivity (Wildman–Crippen MR) is 38.2 cm³/mol. The second-order valence-corrected chi connectivity index (χ2v) is 3.27. The average Bonchev–Trinajstić information content (AvgIpc) is 1.84. The molecule has 0 amide bonds. The number of hydrogen-bond donors (Lipinski definition) is 1. The van der Waals surface area contributed by atoms with E-state index in [9.17, 15) is 9.18 Å². The molecule has 0 aromatic heterocycles. The number of aliphatic carboxylic acids is 1. The van der Waals surface area contributed by atoms with Gasteiger partial charge in [0.1, 0.15) is 6.67 Å². The van der Waals surface area contributed by atoms with Crippen LogP contribution in [0.25, 0.3) is 0 Å². The lowest BCUT2D eigenvalue weighted by Crippen LogP contribution is -2.59. The molecule has 0 aromatic carbocycles. The van der Waals surface area contributed by atoms with Crippen LogP contribution in [0, 0.1) is 5.41 Å². The molecule has 0 radical (unpaired) electrons. The van der Waals surface area contributed by atoms with Gasteiger partial charge in [-0.25, -0.2) is 4.39 Å². The van der Waals surface area contributed by atoms with Crippen LogP contribution in [0.1, 0.15) is 6.92 Å². The van der Waals surface area contributed by atoms with Crippen molar-refractivity contribution < 1.29 is 14.3 Å². The third-order valence-corrected chi connectivity index (χ3v) is 2.06. The topological polar surface area (TPSA) is 40.5 Å². The number of rotatable bonds is 3. The molecule has 0 atom stereocenters. The van der Waals surface area contributed by atoms with Crippen LogP contribution in [0.5, 0.6) is 0 Å². The first kappa shape index (κ1) is 8.46. The van der Waals surface area contributed by atoms with Crippen molar-refractivity contribution in [3.63, 3.8) is 0 Å². The van der Waals surface area contributed by atoms with E-state index in [2.05, 4.69) is 0 Å². The fraction of sp³-hybridized carbons (Fsp3) is 0.857. The molecule has 0 unspecified atom stereocenters. The Bertz CT molecular complexity index is 166. The molecule has 1 N–H and O–H groups in total. The summed E-state index contributed by atoms with van der Waals surface area (Å²) in [5, 5.41) is 8.66. The maximum atomic E-state index is 11.7. The molecule has 1 aliphatic rings. The summed E-state index contributed by atoms with van der Waals surface area (Å²) in [6.07, 6.45) is 0. The summed E-state index contributed by atoms with van der Waals surface area (Å²) in [6.45, 7) is 2.61. The Balaban J connectivity index is 2.32. The van der Waals surface area contributed by atoms with E-state index >= 15 is 0 Å². The smallest absolute Gasteiger partial charge is 0.311 e. The lowest BCUT2D eigenvalue weighted by Gasteiger charge is -2.44. The van der Waals surface area contributed by atoms with Gasteiger partial charge >= 0.3 is 5.97 Å². The van der Waals surface area contributed by atoms with Crippen molar-refractivity contribution in [3.05, 3.63) is 0 Å². The zero-order valence-corrected chi connectivity index (χ0v) is 6.51. The lowest BCUT2D eigenvalue weighted by atomic mass is 9.82. The Morgan fingerprint density at radius 1 is 1.73 bits per heavy atom. The number of likely N-dealkylation sites (tertiary alicyclic amines) is 1. The van der Waals surface area contributed by atoms with Crippen molar-refractivity contribution in [1.29, 1.82) is 0 Å². The summed E-state index contributed by atoms with van der Waals surface area (Å²) in [7, 11) is 0. The van der Waals surface area contributed by atoms with Gasteiger partial charge in [-0.1, -0.05) is 0 Å². The van der Waals surface area contributed by atoms with Gasteiger partial charge in [0.05, 0.1) is 5.41 Å². The first-order chi connectivity index (χ1) is 5.08. The van der Waals surface area contributed by atoms with E-state index in [0.29, 0.717) is 19.6 Å². The van der Waals surface area contributed by atoms with Crippen LogP contribution < -0.4 is 0 Å². The van der Waals surface area contributed by atoms with Crippen LogP contribution in [0.15, 0.2) is 0 Å². The molecule has 11 heavy (non-hydrogen) atoms. The van der Waals surface area contributed by atoms with Gasteiger partial charge in [0.2, 0.25) is 0 Å². The maximum absolute atomic E-state index is 11.7. The Kier molecular flexibility index (Phi) is 2.13. The molecular weight excluding hydrogens is 149 g/mol. The van der Waals surface area contributed by atoms with Crippen molar-refractivity contribution in [2.45, 2.75) is 6.92 Å². The Hall–Kier alpha value is -0.640. The van der Waals surface area contributed by atoms with Gasteiger partial charge in [-0.05, 0) is 6.92 Å². The number of hydrogen-bond acceptors (Lipinski definition) is 2. The molecule has 3 nitrogen and oxygen atoms in total. The van der Waals surface area contributed by atoms with Crippen LogP contribution >= 0.6 is 0 Å². The highest BCUT2D eigenvalue weighted by Gasteiger charge is 2.44. The Morgan fingerprint density at radius 2 is 2.27 bits per heavy atom. The van der Waals surface area contributed by atoms with Crippen molar-refractivity contribution in [2.75, 3.05) is 26.3 Å². The highest BCUT2D eigenvalue weighted by molar-refractivity contribution is 5.76. The summed E-state index contributed by atoms with van der Waals surface area (Å²) < 4.78 is 11.7. The van der Waals surface area contributed by atoms with Gasteiger partial charge in [0.15, 0.2) is 0 Å². The number of carboxylic acids is 1. The molecule has 1 rings (SSSR count). The molecule has 1 fully saturated rings. The summed E-state index contributed by atoms with van der Waals surface area (Å²) in [5.74, 6) is -0.785. The monoisotopic (exact) mass is 161 g/mol. The van der Waals surface area contributed by atoms with Crippen LogP contribution in [0.3, 0.4) is 0 Å². The second-order valence-electron chi connectivity index (χ2n) is 3.27. The molecule has 0 saturated carbocycles. The van der Waals surface area contributed by atoms with Crippen molar-refractivity contribution in [2.24, 2.45) is 5.41 Å².